The molecule has 28 heavy (non-hydrogen) atoms. The maximum atomic E-state index is 12.8. The Kier molecular flexibility index (Phi) is 5.06. The van der Waals surface area contributed by atoms with E-state index in [-0.39, 0.29) is 28.0 Å². The summed E-state index contributed by atoms with van der Waals surface area (Å²) in [6.45, 7) is 3.90. The number of benzene rings is 1. The maximum absolute atomic E-state index is 12.8. The normalized spacial score (nSPS) is 24.1. The van der Waals surface area contributed by atoms with Crippen LogP contribution in [0.2, 0.25) is 10.0 Å². The number of halogens is 2. The van der Waals surface area contributed by atoms with Gasteiger partial charge in [0.25, 0.3) is 5.56 Å². The van der Waals surface area contributed by atoms with E-state index in [4.69, 9.17) is 34.7 Å². The Morgan fingerprint density at radius 1 is 1.21 bits per heavy atom. The number of aromatic nitrogens is 2. The highest BCUT2D eigenvalue weighted by atomic mass is 35.5. The molecule has 2 fully saturated rings. The zero-order valence-electron chi connectivity index (χ0n) is 15.9. The van der Waals surface area contributed by atoms with Crippen LogP contribution < -0.4 is 21.9 Å². The van der Waals surface area contributed by atoms with Crippen LogP contribution >= 0.6 is 23.2 Å². The zero-order chi connectivity index (χ0) is 20.1. The highest BCUT2D eigenvalue weighted by Crippen LogP contribution is 2.48. The molecule has 2 aliphatic rings. The molecule has 0 amide bonds. The predicted molar refractivity (Wildman–Crippen MR) is 115 cm³/mol. The van der Waals surface area contributed by atoms with Crippen LogP contribution in [0.25, 0.3) is 5.69 Å². The number of nitrogen functional groups attached to an aromatic ring is 1. The Bertz CT molecular complexity index is 952. The monoisotopic (exact) mass is 421 g/mol. The Labute approximate surface area is 174 Å². The second-order valence-corrected chi connectivity index (χ2v) is 8.90. The molecule has 0 radical (unpaired) electrons. The van der Waals surface area contributed by atoms with Crippen LogP contribution in [-0.4, -0.2) is 28.7 Å². The minimum atomic E-state index is -0.279. The molecule has 4 rings (SSSR count). The molecule has 2 aromatic rings. The van der Waals surface area contributed by atoms with E-state index in [1.54, 1.807) is 18.2 Å². The lowest BCUT2D eigenvalue weighted by atomic mass is 9.73. The first-order valence-electron chi connectivity index (χ1n) is 9.67. The van der Waals surface area contributed by atoms with E-state index >= 15 is 0 Å². The van der Waals surface area contributed by atoms with Gasteiger partial charge in [0, 0.05) is 25.2 Å². The van der Waals surface area contributed by atoms with Gasteiger partial charge in [0.15, 0.2) is 0 Å². The van der Waals surface area contributed by atoms with Crippen molar-refractivity contribution >= 4 is 35.0 Å². The number of anilines is 2. The summed E-state index contributed by atoms with van der Waals surface area (Å²) in [5.41, 5.74) is 13.0. The zero-order valence-corrected chi connectivity index (χ0v) is 17.4. The third-order valence-corrected chi connectivity index (χ3v) is 7.41. The molecule has 2 heterocycles. The summed E-state index contributed by atoms with van der Waals surface area (Å²) in [5.74, 6) is 1.27. The molecular weight excluding hydrogens is 397 g/mol. The summed E-state index contributed by atoms with van der Waals surface area (Å²) < 4.78 is 1.29. The van der Waals surface area contributed by atoms with Crippen LogP contribution in [0.3, 0.4) is 0 Å². The number of hydrogen-bond acceptors (Lipinski definition) is 5. The van der Waals surface area contributed by atoms with Crippen LogP contribution in [0.5, 0.6) is 0 Å². The van der Waals surface area contributed by atoms with Crippen molar-refractivity contribution in [3.05, 3.63) is 44.7 Å². The van der Waals surface area contributed by atoms with Crippen molar-refractivity contribution in [2.45, 2.75) is 38.6 Å². The van der Waals surface area contributed by atoms with Crippen molar-refractivity contribution in [1.29, 1.82) is 0 Å². The predicted octanol–water partition coefficient (Wildman–Crippen LogP) is 3.47. The average molecular weight is 422 g/mol. The van der Waals surface area contributed by atoms with Crippen LogP contribution in [0.4, 0.5) is 11.8 Å². The molecule has 1 aromatic carbocycles. The van der Waals surface area contributed by atoms with E-state index in [0.29, 0.717) is 22.4 Å². The second kappa shape index (κ2) is 7.25. The van der Waals surface area contributed by atoms with E-state index in [0.717, 1.165) is 25.9 Å². The molecule has 1 aliphatic heterocycles. The number of rotatable bonds is 2. The third kappa shape index (κ3) is 3.17. The SMILES string of the molecule is C[C@@H]1CCC2(CCN(c3cc(=O)n(-c4cccc(Cl)c4Cl)c(N)n3)CC2)[C@@H]1N. The Balaban J connectivity index is 1.60. The van der Waals surface area contributed by atoms with Crippen molar-refractivity contribution in [2.24, 2.45) is 17.1 Å². The minimum Gasteiger partial charge on any atom is -0.369 e. The summed E-state index contributed by atoms with van der Waals surface area (Å²) in [5, 5.41) is 0.634. The minimum absolute atomic E-state index is 0.0955. The molecule has 150 valence electrons. The first kappa shape index (κ1) is 19.6. The molecular formula is C20H25Cl2N5O. The molecule has 0 bridgehead atoms. The van der Waals surface area contributed by atoms with Gasteiger partial charge in [-0.15, -0.1) is 0 Å². The highest BCUT2D eigenvalue weighted by molar-refractivity contribution is 6.43. The third-order valence-electron chi connectivity index (χ3n) is 6.60. The van der Waals surface area contributed by atoms with E-state index in [1.165, 1.54) is 23.5 Å². The van der Waals surface area contributed by atoms with Gasteiger partial charge < -0.3 is 16.4 Å². The molecule has 1 aromatic heterocycles. The average Bonchev–Trinajstić information content (AvgIpc) is 2.94. The Hall–Kier alpha value is -1.76. The fourth-order valence-corrected chi connectivity index (χ4v) is 5.17. The smallest absolute Gasteiger partial charge is 0.261 e. The van der Waals surface area contributed by atoms with Crippen LogP contribution in [-0.2, 0) is 0 Å². The summed E-state index contributed by atoms with van der Waals surface area (Å²) in [6, 6.07) is 6.85. The molecule has 1 spiro atoms. The van der Waals surface area contributed by atoms with Gasteiger partial charge in [0.1, 0.15) is 5.82 Å². The van der Waals surface area contributed by atoms with Crippen LogP contribution in [0.1, 0.15) is 32.6 Å². The first-order valence-corrected chi connectivity index (χ1v) is 10.4. The van der Waals surface area contributed by atoms with Gasteiger partial charge in [-0.3, -0.25) is 4.79 Å². The first-order chi connectivity index (χ1) is 13.3. The lowest BCUT2D eigenvalue weighted by molar-refractivity contribution is 0.186. The van der Waals surface area contributed by atoms with Crippen molar-refractivity contribution < 1.29 is 0 Å². The van der Waals surface area contributed by atoms with Gasteiger partial charge in [-0.05, 0) is 49.1 Å². The Morgan fingerprint density at radius 3 is 2.54 bits per heavy atom. The van der Waals surface area contributed by atoms with Gasteiger partial charge in [-0.1, -0.05) is 36.2 Å². The van der Waals surface area contributed by atoms with Crippen LogP contribution in [0.15, 0.2) is 29.1 Å². The molecule has 1 saturated heterocycles. The summed E-state index contributed by atoms with van der Waals surface area (Å²) >= 11 is 12.3. The van der Waals surface area contributed by atoms with E-state index in [1.807, 2.05) is 0 Å². The summed E-state index contributed by atoms with van der Waals surface area (Å²) in [6.07, 6.45) is 4.42. The topological polar surface area (TPSA) is 90.2 Å². The molecule has 0 unspecified atom stereocenters. The van der Waals surface area contributed by atoms with Crippen LogP contribution in [0, 0.1) is 11.3 Å². The van der Waals surface area contributed by atoms with Crippen molar-refractivity contribution in [2.75, 3.05) is 23.7 Å². The number of nitrogens with zero attached hydrogens (tertiary/aromatic N) is 3. The largest absolute Gasteiger partial charge is 0.369 e. The number of nitrogens with two attached hydrogens (primary N) is 2. The van der Waals surface area contributed by atoms with Gasteiger partial charge >= 0.3 is 0 Å². The lowest BCUT2D eigenvalue weighted by Crippen LogP contribution is -2.48. The van der Waals surface area contributed by atoms with E-state index in [9.17, 15) is 4.79 Å². The van der Waals surface area contributed by atoms with Crippen molar-refractivity contribution in [1.82, 2.24) is 9.55 Å². The Morgan fingerprint density at radius 2 is 1.93 bits per heavy atom. The molecule has 4 N–H and O–H groups in total. The van der Waals surface area contributed by atoms with Gasteiger partial charge in [-0.2, -0.15) is 4.98 Å². The summed E-state index contributed by atoms with van der Waals surface area (Å²) in [7, 11) is 0. The highest BCUT2D eigenvalue weighted by Gasteiger charge is 2.46. The number of hydrogen-bond donors (Lipinski definition) is 2. The number of piperidine rings is 1. The van der Waals surface area contributed by atoms with E-state index in [2.05, 4.69) is 16.8 Å². The van der Waals surface area contributed by atoms with Crippen molar-refractivity contribution in [3.8, 4) is 5.69 Å². The standard InChI is InChI=1S/C20H25Cl2N5O/c1-12-5-6-20(18(12)23)7-9-26(10-8-20)15-11-16(28)27(19(24)25-15)14-4-2-3-13(21)17(14)22/h2-4,11-12,18H,5-10,23H2,1H3,(H2,24,25)/t12-,18-/m1/s1. The second-order valence-electron chi connectivity index (χ2n) is 8.11. The van der Waals surface area contributed by atoms with Crippen molar-refractivity contribution in [3.63, 3.8) is 0 Å². The fraction of sp³-hybridized carbons (Fsp3) is 0.500. The summed E-state index contributed by atoms with van der Waals surface area (Å²) in [4.78, 5) is 19.4. The molecule has 6 nitrogen and oxygen atoms in total. The molecule has 2 atom stereocenters. The lowest BCUT2D eigenvalue weighted by Gasteiger charge is -2.43. The van der Waals surface area contributed by atoms with Gasteiger partial charge in [0.05, 0.1) is 15.7 Å². The van der Waals surface area contributed by atoms with Gasteiger partial charge in [0.2, 0.25) is 5.95 Å². The van der Waals surface area contributed by atoms with E-state index < -0.39 is 0 Å². The van der Waals surface area contributed by atoms with Gasteiger partial charge in [-0.25, -0.2) is 4.57 Å². The molecule has 1 aliphatic carbocycles. The quantitative estimate of drug-likeness (QED) is 0.774. The maximum Gasteiger partial charge on any atom is 0.261 e. The molecule has 8 heteroatoms. The molecule has 1 saturated carbocycles. The fourth-order valence-electron chi connectivity index (χ4n) is 4.79.